The van der Waals surface area contributed by atoms with Crippen molar-refractivity contribution in [1.82, 2.24) is 5.32 Å². The van der Waals surface area contributed by atoms with Crippen molar-refractivity contribution >= 4 is 38.4 Å². The van der Waals surface area contributed by atoms with E-state index in [1.54, 1.807) is 37.3 Å². The summed E-state index contributed by atoms with van der Waals surface area (Å²) in [6.07, 6.45) is 6.00. The van der Waals surface area contributed by atoms with Gasteiger partial charge in [0.2, 0.25) is 0 Å². The van der Waals surface area contributed by atoms with Gasteiger partial charge in [0.15, 0.2) is 0 Å². The zero-order chi connectivity index (χ0) is 28.0. The first kappa shape index (κ1) is 28.7. The molecule has 0 fully saturated rings. The third kappa shape index (κ3) is 6.33. The Morgan fingerprint density at radius 2 is 1.63 bits per heavy atom. The number of benzene rings is 3. The molecule has 0 aliphatic rings. The SMILES string of the molecule is C#C[C@H](N[C@@H](C)CC(=O)OC)c1ccc(S(=O)(=O)Nc2ccc(C)c(CC(=O)OC)c2C)c2ccccc12. The third-order valence-corrected chi connectivity index (χ3v) is 7.89. The topological polar surface area (TPSA) is 111 Å². The fraction of sp³-hybridized carbons (Fsp3) is 0.310. The van der Waals surface area contributed by atoms with Gasteiger partial charge in [-0.25, -0.2) is 8.42 Å². The van der Waals surface area contributed by atoms with Gasteiger partial charge in [-0.3, -0.25) is 19.6 Å². The van der Waals surface area contributed by atoms with Gasteiger partial charge in [0.25, 0.3) is 10.0 Å². The van der Waals surface area contributed by atoms with Crippen LogP contribution in [0.3, 0.4) is 0 Å². The lowest BCUT2D eigenvalue weighted by atomic mass is 9.98. The van der Waals surface area contributed by atoms with E-state index >= 15 is 0 Å². The molecule has 0 heterocycles. The minimum absolute atomic E-state index is 0.0379. The molecular formula is C29H32N2O6S. The average molecular weight is 537 g/mol. The molecule has 0 saturated carbocycles. The van der Waals surface area contributed by atoms with Gasteiger partial charge in [-0.15, -0.1) is 6.42 Å². The summed E-state index contributed by atoms with van der Waals surface area (Å²) in [7, 11) is -1.38. The van der Waals surface area contributed by atoms with Crippen LogP contribution in [0.1, 0.15) is 41.6 Å². The van der Waals surface area contributed by atoms with Crippen molar-refractivity contribution in [3.63, 3.8) is 0 Å². The largest absolute Gasteiger partial charge is 0.469 e. The lowest BCUT2D eigenvalue weighted by Crippen LogP contribution is -2.32. The minimum atomic E-state index is -4.02. The highest BCUT2D eigenvalue weighted by atomic mass is 32.2. The Bertz CT molecular complexity index is 1510. The molecule has 2 N–H and O–H groups in total. The number of terminal acetylenes is 1. The van der Waals surface area contributed by atoms with Gasteiger partial charge in [0, 0.05) is 11.4 Å². The lowest BCUT2D eigenvalue weighted by Gasteiger charge is -2.21. The van der Waals surface area contributed by atoms with E-state index in [1.807, 2.05) is 26.0 Å². The van der Waals surface area contributed by atoms with Crippen molar-refractivity contribution in [1.29, 1.82) is 0 Å². The van der Waals surface area contributed by atoms with Crippen LogP contribution in [0.15, 0.2) is 53.4 Å². The average Bonchev–Trinajstić information content (AvgIpc) is 2.90. The van der Waals surface area contributed by atoms with Crippen molar-refractivity contribution in [3.8, 4) is 12.3 Å². The molecule has 0 bridgehead atoms. The number of methoxy groups -OCH3 is 2. The van der Waals surface area contributed by atoms with Crippen LogP contribution < -0.4 is 10.0 Å². The van der Waals surface area contributed by atoms with Crippen LogP contribution in [0.2, 0.25) is 0 Å². The third-order valence-electron chi connectivity index (χ3n) is 6.46. The fourth-order valence-corrected chi connectivity index (χ4v) is 5.71. The number of hydrogen-bond donors (Lipinski definition) is 2. The fourth-order valence-electron chi connectivity index (χ4n) is 4.38. The Hall–Kier alpha value is -3.87. The molecule has 3 aromatic rings. The number of ether oxygens (including phenoxy) is 2. The van der Waals surface area contributed by atoms with E-state index in [9.17, 15) is 18.0 Å². The summed E-state index contributed by atoms with van der Waals surface area (Å²) in [4.78, 5) is 23.6. The van der Waals surface area contributed by atoms with Gasteiger partial charge < -0.3 is 9.47 Å². The van der Waals surface area contributed by atoms with E-state index in [1.165, 1.54) is 20.3 Å². The Morgan fingerprint density at radius 3 is 2.26 bits per heavy atom. The van der Waals surface area contributed by atoms with E-state index in [0.717, 1.165) is 5.56 Å². The van der Waals surface area contributed by atoms with E-state index in [0.29, 0.717) is 33.2 Å². The van der Waals surface area contributed by atoms with E-state index in [4.69, 9.17) is 15.9 Å². The summed E-state index contributed by atoms with van der Waals surface area (Å²) in [5.41, 5.74) is 3.31. The zero-order valence-electron chi connectivity index (χ0n) is 22.1. The van der Waals surface area contributed by atoms with Crippen molar-refractivity contribution in [2.45, 2.75) is 50.6 Å². The molecule has 0 unspecified atom stereocenters. The number of hydrogen-bond acceptors (Lipinski definition) is 7. The van der Waals surface area contributed by atoms with Crippen LogP contribution in [-0.2, 0) is 35.5 Å². The summed E-state index contributed by atoms with van der Waals surface area (Å²) in [6, 6.07) is 12.9. The minimum Gasteiger partial charge on any atom is -0.469 e. The molecule has 2 atom stereocenters. The molecule has 38 heavy (non-hydrogen) atoms. The zero-order valence-corrected chi connectivity index (χ0v) is 22.9. The van der Waals surface area contributed by atoms with Crippen molar-refractivity contribution in [2.24, 2.45) is 0 Å². The number of nitrogens with one attached hydrogen (secondary N) is 2. The van der Waals surface area contributed by atoms with Crippen molar-refractivity contribution in [3.05, 3.63) is 70.8 Å². The number of anilines is 1. The highest BCUT2D eigenvalue weighted by Crippen LogP contribution is 2.32. The van der Waals surface area contributed by atoms with Gasteiger partial charge in [0.05, 0.1) is 43.7 Å². The quantitative estimate of drug-likeness (QED) is 0.295. The summed E-state index contributed by atoms with van der Waals surface area (Å²) in [5, 5.41) is 4.41. The Balaban J connectivity index is 2.01. The van der Waals surface area contributed by atoms with Gasteiger partial charge in [-0.2, -0.15) is 0 Å². The number of carbonyl (C=O) groups excluding carboxylic acids is 2. The molecule has 9 heteroatoms. The van der Waals surface area contributed by atoms with E-state index < -0.39 is 22.0 Å². The Morgan fingerprint density at radius 1 is 0.974 bits per heavy atom. The summed E-state index contributed by atoms with van der Waals surface area (Å²) < 4.78 is 39.4. The predicted molar refractivity (Wildman–Crippen MR) is 147 cm³/mol. The number of carbonyl (C=O) groups is 2. The molecule has 3 rings (SSSR count). The first-order valence-corrected chi connectivity index (χ1v) is 13.5. The van der Waals surface area contributed by atoms with Gasteiger partial charge in [-0.05, 0) is 60.5 Å². The number of esters is 2. The first-order chi connectivity index (χ1) is 18.0. The number of sulfonamides is 1. The highest BCUT2D eigenvalue weighted by molar-refractivity contribution is 7.93. The monoisotopic (exact) mass is 536 g/mol. The van der Waals surface area contributed by atoms with Crippen LogP contribution in [0, 0.1) is 26.2 Å². The smallest absolute Gasteiger partial charge is 0.309 e. The lowest BCUT2D eigenvalue weighted by molar-refractivity contribution is -0.141. The van der Waals surface area contributed by atoms with Crippen LogP contribution in [0.5, 0.6) is 0 Å². The number of rotatable bonds is 10. The first-order valence-electron chi connectivity index (χ1n) is 12.0. The maximum absolute atomic E-state index is 13.6. The van der Waals surface area contributed by atoms with Gasteiger partial charge >= 0.3 is 11.9 Å². The molecule has 0 aliphatic carbocycles. The summed E-state index contributed by atoms with van der Waals surface area (Å²) >= 11 is 0. The van der Waals surface area contributed by atoms with Gasteiger partial charge in [0.1, 0.15) is 0 Å². The molecule has 0 amide bonds. The van der Waals surface area contributed by atoms with E-state index in [2.05, 4.69) is 16.0 Å². The standard InChI is InChI=1S/C29H32N2O6S/c1-7-25(30-19(3)16-28(32)36-5)22-13-15-27(23-11-9-8-10-21(22)23)38(34,35)31-26-14-12-18(2)24(20(26)4)17-29(33)37-6/h1,8-15,19,25,30-31H,16-17H2,2-6H3/t19-,25-/m0/s1. The molecule has 200 valence electrons. The molecule has 0 aromatic heterocycles. The van der Waals surface area contributed by atoms with Crippen LogP contribution in [0.4, 0.5) is 5.69 Å². The summed E-state index contributed by atoms with van der Waals surface area (Å²) in [6.45, 7) is 5.45. The maximum Gasteiger partial charge on any atom is 0.309 e. The molecule has 3 aromatic carbocycles. The van der Waals surface area contributed by atoms with Crippen molar-refractivity contribution in [2.75, 3.05) is 18.9 Å². The second-order valence-corrected chi connectivity index (χ2v) is 10.7. The van der Waals surface area contributed by atoms with Crippen LogP contribution in [0.25, 0.3) is 10.8 Å². The normalized spacial score (nSPS) is 12.8. The highest BCUT2D eigenvalue weighted by Gasteiger charge is 2.23. The molecule has 0 aliphatic heterocycles. The van der Waals surface area contributed by atoms with Crippen LogP contribution >= 0.6 is 0 Å². The second kappa shape index (κ2) is 12.1. The van der Waals surface area contributed by atoms with Crippen molar-refractivity contribution < 1.29 is 27.5 Å². The molecular weight excluding hydrogens is 504 g/mol. The number of fused-ring (bicyclic) bond motifs is 1. The van der Waals surface area contributed by atoms with E-state index in [-0.39, 0.29) is 29.7 Å². The summed E-state index contributed by atoms with van der Waals surface area (Å²) in [5.74, 6) is 1.94. The van der Waals surface area contributed by atoms with Crippen LogP contribution in [-0.4, -0.2) is 40.6 Å². The maximum atomic E-state index is 13.6. The number of aryl methyl sites for hydroxylation is 1. The van der Waals surface area contributed by atoms with Gasteiger partial charge in [-0.1, -0.05) is 42.3 Å². The molecule has 0 radical (unpaired) electrons. The predicted octanol–water partition coefficient (Wildman–Crippen LogP) is 4.19. The molecule has 0 saturated heterocycles. The molecule has 0 spiro atoms. The molecule has 8 nitrogen and oxygen atoms in total. The Kier molecular flexibility index (Phi) is 9.15. The second-order valence-electron chi connectivity index (χ2n) is 9.04. The Labute approximate surface area is 223 Å².